The van der Waals surface area contributed by atoms with Gasteiger partial charge in [-0.15, -0.1) is 0 Å². The van der Waals surface area contributed by atoms with Crippen LogP contribution >= 0.6 is 0 Å². The summed E-state index contributed by atoms with van der Waals surface area (Å²) in [6, 6.07) is 6.01. The molecule has 3 N–H and O–H groups in total. The second-order valence-electron chi connectivity index (χ2n) is 6.02. The van der Waals surface area contributed by atoms with E-state index >= 15 is 0 Å². The van der Waals surface area contributed by atoms with Crippen molar-refractivity contribution in [2.45, 2.75) is 32.8 Å². The molecule has 1 unspecified atom stereocenters. The average Bonchev–Trinajstić information content (AvgIpc) is 3.18. The Kier molecular flexibility index (Phi) is 5.02. The Morgan fingerprint density at radius 3 is 2.70 bits per heavy atom. The van der Waals surface area contributed by atoms with Crippen molar-refractivity contribution >= 4 is 0 Å². The Labute approximate surface area is 120 Å². The van der Waals surface area contributed by atoms with Gasteiger partial charge in [-0.3, -0.25) is 0 Å². The molecule has 1 aliphatic carbocycles. The van der Waals surface area contributed by atoms with Crippen LogP contribution in [0.5, 0.6) is 5.75 Å². The molecule has 1 atom stereocenters. The molecular formula is C16H25NO3. The highest BCUT2D eigenvalue weighted by Crippen LogP contribution is 2.44. The lowest BCUT2D eigenvalue weighted by Crippen LogP contribution is -2.35. The van der Waals surface area contributed by atoms with Crippen LogP contribution in [0.15, 0.2) is 18.2 Å². The lowest BCUT2D eigenvalue weighted by atomic mass is 10.1. The molecule has 2 rings (SSSR count). The molecule has 0 amide bonds. The molecular weight excluding hydrogens is 254 g/mol. The SMILES string of the molecule is Cc1ccc(OCC(O)CNCC2(CO)CC2)c(C)c1. The second kappa shape index (κ2) is 6.57. The first-order chi connectivity index (χ1) is 9.54. The maximum Gasteiger partial charge on any atom is 0.122 e. The number of hydrogen-bond donors (Lipinski definition) is 3. The quantitative estimate of drug-likeness (QED) is 0.673. The van der Waals surface area contributed by atoms with Gasteiger partial charge in [0.05, 0.1) is 0 Å². The number of aliphatic hydroxyl groups is 2. The Hall–Kier alpha value is -1.10. The summed E-state index contributed by atoms with van der Waals surface area (Å²) in [5.74, 6) is 0.823. The maximum atomic E-state index is 9.90. The zero-order valence-electron chi connectivity index (χ0n) is 12.4. The fourth-order valence-electron chi connectivity index (χ4n) is 2.28. The molecule has 112 valence electrons. The highest BCUT2D eigenvalue weighted by atomic mass is 16.5. The zero-order chi connectivity index (χ0) is 14.6. The Balaban J connectivity index is 1.68. The van der Waals surface area contributed by atoms with E-state index in [4.69, 9.17) is 4.74 Å². The summed E-state index contributed by atoms with van der Waals surface area (Å²) in [5, 5.41) is 22.3. The topological polar surface area (TPSA) is 61.7 Å². The van der Waals surface area contributed by atoms with E-state index in [9.17, 15) is 10.2 Å². The lowest BCUT2D eigenvalue weighted by molar-refractivity contribution is 0.102. The van der Waals surface area contributed by atoms with Gasteiger partial charge in [0.25, 0.3) is 0 Å². The number of ether oxygens (including phenoxy) is 1. The van der Waals surface area contributed by atoms with Crippen molar-refractivity contribution in [3.63, 3.8) is 0 Å². The van der Waals surface area contributed by atoms with Crippen LogP contribution in [0.25, 0.3) is 0 Å². The van der Waals surface area contributed by atoms with Crippen molar-refractivity contribution < 1.29 is 14.9 Å². The van der Waals surface area contributed by atoms with Gasteiger partial charge in [-0.1, -0.05) is 17.7 Å². The molecule has 0 saturated heterocycles. The predicted molar refractivity (Wildman–Crippen MR) is 79.0 cm³/mol. The third-order valence-electron chi connectivity index (χ3n) is 3.93. The molecule has 4 heteroatoms. The summed E-state index contributed by atoms with van der Waals surface area (Å²) in [5.41, 5.74) is 2.37. The van der Waals surface area contributed by atoms with Gasteiger partial charge in [0, 0.05) is 25.1 Å². The predicted octanol–water partition coefficient (Wildman–Crippen LogP) is 1.41. The molecule has 1 aromatic carbocycles. The van der Waals surface area contributed by atoms with Crippen LogP contribution in [-0.2, 0) is 0 Å². The van der Waals surface area contributed by atoms with E-state index < -0.39 is 6.10 Å². The van der Waals surface area contributed by atoms with Gasteiger partial charge in [-0.2, -0.15) is 0 Å². The van der Waals surface area contributed by atoms with Crippen LogP contribution in [0.2, 0.25) is 0 Å². The van der Waals surface area contributed by atoms with Crippen LogP contribution in [0, 0.1) is 19.3 Å². The second-order valence-corrected chi connectivity index (χ2v) is 6.02. The van der Waals surface area contributed by atoms with Crippen LogP contribution in [-0.4, -0.2) is 42.6 Å². The summed E-state index contributed by atoms with van der Waals surface area (Å²) < 4.78 is 5.64. The monoisotopic (exact) mass is 279 g/mol. The van der Waals surface area contributed by atoms with Gasteiger partial charge in [0.2, 0.25) is 0 Å². The van der Waals surface area contributed by atoms with Crippen molar-refractivity contribution in [2.75, 3.05) is 26.3 Å². The Morgan fingerprint density at radius 2 is 2.10 bits per heavy atom. The van der Waals surface area contributed by atoms with E-state index in [2.05, 4.69) is 11.4 Å². The van der Waals surface area contributed by atoms with E-state index in [1.165, 1.54) is 5.56 Å². The molecule has 0 radical (unpaired) electrons. The van der Waals surface area contributed by atoms with E-state index in [1.54, 1.807) is 0 Å². The third-order valence-corrected chi connectivity index (χ3v) is 3.93. The van der Waals surface area contributed by atoms with E-state index in [-0.39, 0.29) is 18.6 Å². The normalized spacial score (nSPS) is 17.8. The number of aryl methyl sites for hydroxylation is 2. The molecule has 0 bridgehead atoms. The smallest absolute Gasteiger partial charge is 0.122 e. The molecule has 1 aliphatic rings. The largest absolute Gasteiger partial charge is 0.491 e. The third kappa shape index (κ3) is 4.20. The van der Waals surface area contributed by atoms with Gasteiger partial charge < -0.3 is 20.3 Å². The van der Waals surface area contributed by atoms with Crippen molar-refractivity contribution in [1.82, 2.24) is 5.32 Å². The molecule has 0 heterocycles. The summed E-state index contributed by atoms with van der Waals surface area (Å²) >= 11 is 0. The molecule has 0 aromatic heterocycles. The summed E-state index contributed by atoms with van der Waals surface area (Å²) in [4.78, 5) is 0. The molecule has 0 aliphatic heterocycles. The Bertz CT molecular complexity index is 443. The first-order valence-corrected chi connectivity index (χ1v) is 7.24. The molecule has 1 saturated carbocycles. The van der Waals surface area contributed by atoms with Gasteiger partial charge in [-0.05, 0) is 38.3 Å². The van der Waals surface area contributed by atoms with E-state index in [0.29, 0.717) is 6.54 Å². The van der Waals surface area contributed by atoms with Crippen molar-refractivity contribution in [1.29, 1.82) is 0 Å². The number of aliphatic hydroxyl groups excluding tert-OH is 2. The van der Waals surface area contributed by atoms with Crippen LogP contribution in [0.4, 0.5) is 0 Å². The van der Waals surface area contributed by atoms with Gasteiger partial charge in [-0.25, -0.2) is 0 Å². The summed E-state index contributed by atoms with van der Waals surface area (Å²) in [6.45, 7) is 5.82. The fraction of sp³-hybridized carbons (Fsp3) is 0.625. The fourth-order valence-corrected chi connectivity index (χ4v) is 2.28. The number of rotatable bonds is 8. The number of hydrogen-bond acceptors (Lipinski definition) is 4. The van der Waals surface area contributed by atoms with Gasteiger partial charge >= 0.3 is 0 Å². The van der Waals surface area contributed by atoms with Crippen LogP contribution < -0.4 is 10.1 Å². The van der Waals surface area contributed by atoms with Crippen LogP contribution in [0.3, 0.4) is 0 Å². The zero-order valence-corrected chi connectivity index (χ0v) is 12.4. The van der Waals surface area contributed by atoms with Gasteiger partial charge in [0.1, 0.15) is 18.5 Å². The maximum absolute atomic E-state index is 9.90. The minimum Gasteiger partial charge on any atom is -0.491 e. The molecule has 1 aromatic rings. The summed E-state index contributed by atoms with van der Waals surface area (Å²) in [7, 11) is 0. The molecule has 20 heavy (non-hydrogen) atoms. The average molecular weight is 279 g/mol. The molecule has 0 spiro atoms. The van der Waals surface area contributed by atoms with E-state index in [1.807, 2.05) is 26.0 Å². The number of benzene rings is 1. The van der Waals surface area contributed by atoms with Crippen molar-refractivity contribution in [3.05, 3.63) is 29.3 Å². The van der Waals surface area contributed by atoms with Crippen LogP contribution in [0.1, 0.15) is 24.0 Å². The van der Waals surface area contributed by atoms with Crippen molar-refractivity contribution in [2.24, 2.45) is 5.41 Å². The van der Waals surface area contributed by atoms with Crippen molar-refractivity contribution in [3.8, 4) is 5.75 Å². The number of nitrogens with one attached hydrogen (secondary N) is 1. The minimum atomic E-state index is -0.537. The van der Waals surface area contributed by atoms with Gasteiger partial charge in [0.15, 0.2) is 0 Å². The standard InChI is InChI=1S/C16H25NO3/c1-12-3-4-15(13(2)7-12)20-9-14(19)8-17-10-16(11-18)5-6-16/h3-4,7,14,17-19H,5-6,8-11H2,1-2H3. The first-order valence-electron chi connectivity index (χ1n) is 7.24. The minimum absolute atomic E-state index is 0.0775. The lowest BCUT2D eigenvalue weighted by Gasteiger charge is -2.17. The Morgan fingerprint density at radius 1 is 1.35 bits per heavy atom. The molecule has 4 nitrogen and oxygen atoms in total. The highest BCUT2D eigenvalue weighted by Gasteiger charge is 2.41. The first kappa shape index (κ1) is 15.3. The summed E-state index contributed by atoms with van der Waals surface area (Å²) in [6.07, 6.45) is 1.61. The molecule has 1 fully saturated rings. The van der Waals surface area contributed by atoms with E-state index in [0.717, 1.165) is 30.7 Å². The highest BCUT2D eigenvalue weighted by molar-refractivity contribution is 5.35.